The fraction of sp³-hybridized carbons (Fsp3) is 0.571. The Morgan fingerprint density at radius 3 is 2.56 bits per heavy atom. The molecule has 2 N–H and O–H groups in total. The highest BCUT2D eigenvalue weighted by Gasteiger charge is 2.16. The summed E-state index contributed by atoms with van der Waals surface area (Å²) in [4.78, 5) is 2.45. The van der Waals surface area contributed by atoms with E-state index >= 15 is 0 Å². The Hall–Kier alpha value is -0.860. The quantitative estimate of drug-likeness (QED) is 0.798. The third-order valence-electron chi connectivity index (χ3n) is 3.01. The summed E-state index contributed by atoms with van der Waals surface area (Å²) < 4.78 is 0. The Kier molecular flexibility index (Phi) is 5.50. The molecule has 0 saturated carbocycles. The first-order chi connectivity index (χ1) is 7.72. The monoisotopic (exact) mass is 220 g/mol. The maximum atomic E-state index is 5.92. The van der Waals surface area contributed by atoms with E-state index in [1.807, 2.05) is 0 Å². The van der Waals surface area contributed by atoms with Crippen LogP contribution in [0.3, 0.4) is 0 Å². The van der Waals surface area contributed by atoms with Gasteiger partial charge in [0.05, 0.1) is 0 Å². The molecule has 1 aromatic carbocycles. The van der Waals surface area contributed by atoms with Gasteiger partial charge in [0.15, 0.2) is 0 Å². The van der Waals surface area contributed by atoms with Gasteiger partial charge < -0.3 is 5.73 Å². The highest BCUT2D eigenvalue weighted by atomic mass is 15.2. The summed E-state index contributed by atoms with van der Waals surface area (Å²) in [6.07, 6.45) is 1.18. The summed E-state index contributed by atoms with van der Waals surface area (Å²) in [7, 11) is 0. The van der Waals surface area contributed by atoms with Crippen molar-refractivity contribution < 1.29 is 0 Å². The van der Waals surface area contributed by atoms with E-state index in [0.29, 0.717) is 12.6 Å². The topological polar surface area (TPSA) is 29.3 Å². The lowest BCUT2D eigenvalue weighted by Gasteiger charge is -2.30. The number of rotatable bonds is 6. The average Bonchev–Trinajstić information content (AvgIpc) is 2.29. The predicted octanol–water partition coefficient (Wildman–Crippen LogP) is 2.73. The van der Waals surface area contributed by atoms with E-state index in [9.17, 15) is 0 Å². The third-order valence-corrected chi connectivity index (χ3v) is 3.01. The Morgan fingerprint density at radius 1 is 1.31 bits per heavy atom. The van der Waals surface area contributed by atoms with Crippen molar-refractivity contribution in [3.05, 3.63) is 35.4 Å². The van der Waals surface area contributed by atoms with Crippen LogP contribution in [0.2, 0.25) is 0 Å². The van der Waals surface area contributed by atoms with Crippen LogP contribution in [0.5, 0.6) is 0 Å². The van der Waals surface area contributed by atoms with Gasteiger partial charge in [0.25, 0.3) is 0 Å². The molecule has 1 atom stereocenters. The molecule has 1 rings (SSSR count). The third kappa shape index (κ3) is 3.32. The summed E-state index contributed by atoms with van der Waals surface area (Å²) in [6.45, 7) is 9.42. The van der Waals surface area contributed by atoms with Crippen LogP contribution in [-0.4, -0.2) is 24.5 Å². The normalized spacial score (nSPS) is 13.1. The Bertz CT molecular complexity index is 309. The molecule has 90 valence electrons. The van der Waals surface area contributed by atoms with Crippen molar-refractivity contribution in [2.45, 2.75) is 33.2 Å². The SMILES string of the molecule is CCCN(CC)C(CN)c1cccc(C)c1. The van der Waals surface area contributed by atoms with Gasteiger partial charge in [-0.25, -0.2) is 0 Å². The van der Waals surface area contributed by atoms with Gasteiger partial charge >= 0.3 is 0 Å². The number of benzene rings is 1. The Balaban J connectivity index is 2.87. The standard InChI is InChI=1S/C14H24N2/c1-4-9-16(5-2)14(11-15)13-8-6-7-12(3)10-13/h6-8,10,14H,4-5,9,11,15H2,1-3H3. The fourth-order valence-corrected chi connectivity index (χ4v) is 2.19. The average molecular weight is 220 g/mol. The van der Waals surface area contributed by atoms with Crippen LogP contribution in [0.1, 0.15) is 37.4 Å². The molecule has 0 fully saturated rings. The molecular weight excluding hydrogens is 196 g/mol. The summed E-state index contributed by atoms with van der Waals surface area (Å²) in [5.74, 6) is 0. The van der Waals surface area contributed by atoms with Gasteiger partial charge in [0, 0.05) is 12.6 Å². The molecule has 0 amide bonds. The molecule has 0 heterocycles. The largest absolute Gasteiger partial charge is 0.329 e. The van der Waals surface area contributed by atoms with E-state index < -0.39 is 0 Å². The van der Waals surface area contributed by atoms with Gasteiger partial charge in [-0.15, -0.1) is 0 Å². The maximum absolute atomic E-state index is 5.92. The molecule has 2 nitrogen and oxygen atoms in total. The lowest BCUT2D eigenvalue weighted by Crippen LogP contribution is -2.34. The minimum atomic E-state index is 0.366. The molecule has 16 heavy (non-hydrogen) atoms. The molecule has 0 bridgehead atoms. The van der Waals surface area contributed by atoms with Crippen LogP contribution >= 0.6 is 0 Å². The fourth-order valence-electron chi connectivity index (χ4n) is 2.19. The minimum absolute atomic E-state index is 0.366. The van der Waals surface area contributed by atoms with Crippen LogP contribution in [0.25, 0.3) is 0 Å². The molecule has 0 aliphatic rings. The van der Waals surface area contributed by atoms with E-state index in [2.05, 4.69) is 49.9 Å². The highest BCUT2D eigenvalue weighted by Crippen LogP contribution is 2.20. The van der Waals surface area contributed by atoms with Crippen molar-refractivity contribution in [2.75, 3.05) is 19.6 Å². The second-order valence-electron chi connectivity index (χ2n) is 4.29. The second-order valence-corrected chi connectivity index (χ2v) is 4.29. The molecule has 1 aromatic rings. The van der Waals surface area contributed by atoms with Gasteiger partial charge in [0.1, 0.15) is 0 Å². The van der Waals surface area contributed by atoms with Crippen LogP contribution in [0.15, 0.2) is 24.3 Å². The number of likely N-dealkylation sites (N-methyl/N-ethyl adjacent to an activating group) is 1. The first-order valence-corrected chi connectivity index (χ1v) is 6.23. The summed E-state index contributed by atoms with van der Waals surface area (Å²) in [5.41, 5.74) is 8.57. The zero-order valence-electron chi connectivity index (χ0n) is 10.7. The second kappa shape index (κ2) is 6.66. The molecular formula is C14H24N2. The Morgan fingerprint density at radius 2 is 2.06 bits per heavy atom. The number of hydrogen-bond acceptors (Lipinski definition) is 2. The van der Waals surface area contributed by atoms with Crippen molar-refractivity contribution in [1.82, 2.24) is 4.90 Å². The molecule has 0 aliphatic carbocycles. The molecule has 0 saturated heterocycles. The van der Waals surface area contributed by atoms with Crippen molar-refractivity contribution >= 4 is 0 Å². The Labute approximate surface area is 99.5 Å². The lowest BCUT2D eigenvalue weighted by molar-refractivity contribution is 0.213. The van der Waals surface area contributed by atoms with Crippen LogP contribution < -0.4 is 5.73 Å². The minimum Gasteiger partial charge on any atom is -0.329 e. The van der Waals surface area contributed by atoms with E-state index in [0.717, 1.165) is 13.1 Å². The summed E-state index contributed by atoms with van der Waals surface area (Å²) >= 11 is 0. The van der Waals surface area contributed by atoms with E-state index in [1.165, 1.54) is 17.5 Å². The van der Waals surface area contributed by atoms with Gasteiger partial charge in [-0.05, 0) is 32.0 Å². The smallest absolute Gasteiger partial charge is 0.0470 e. The molecule has 0 spiro atoms. The van der Waals surface area contributed by atoms with Crippen molar-refractivity contribution in [3.63, 3.8) is 0 Å². The summed E-state index contributed by atoms with van der Waals surface area (Å²) in [5, 5.41) is 0. The molecule has 0 radical (unpaired) electrons. The molecule has 1 unspecified atom stereocenters. The van der Waals surface area contributed by atoms with Gasteiger partial charge in [0.2, 0.25) is 0 Å². The zero-order valence-corrected chi connectivity index (χ0v) is 10.7. The lowest BCUT2D eigenvalue weighted by atomic mass is 10.0. The van der Waals surface area contributed by atoms with Gasteiger partial charge in [-0.1, -0.05) is 43.7 Å². The van der Waals surface area contributed by atoms with E-state index in [1.54, 1.807) is 0 Å². The van der Waals surface area contributed by atoms with E-state index in [4.69, 9.17) is 5.73 Å². The van der Waals surface area contributed by atoms with Crippen LogP contribution in [0.4, 0.5) is 0 Å². The van der Waals surface area contributed by atoms with Crippen molar-refractivity contribution in [1.29, 1.82) is 0 Å². The molecule has 0 aromatic heterocycles. The van der Waals surface area contributed by atoms with Gasteiger partial charge in [-0.2, -0.15) is 0 Å². The number of aryl methyl sites for hydroxylation is 1. The van der Waals surface area contributed by atoms with Crippen molar-refractivity contribution in [2.24, 2.45) is 5.73 Å². The number of nitrogens with two attached hydrogens (primary N) is 1. The van der Waals surface area contributed by atoms with Gasteiger partial charge in [-0.3, -0.25) is 4.90 Å². The zero-order chi connectivity index (χ0) is 12.0. The first kappa shape index (κ1) is 13.2. The first-order valence-electron chi connectivity index (χ1n) is 6.23. The van der Waals surface area contributed by atoms with Crippen LogP contribution in [0, 0.1) is 6.92 Å². The van der Waals surface area contributed by atoms with E-state index in [-0.39, 0.29) is 0 Å². The molecule has 2 heteroatoms. The maximum Gasteiger partial charge on any atom is 0.0470 e. The van der Waals surface area contributed by atoms with Crippen molar-refractivity contribution in [3.8, 4) is 0 Å². The number of hydrogen-bond donors (Lipinski definition) is 1. The number of nitrogens with zero attached hydrogens (tertiary/aromatic N) is 1. The van der Waals surface area contributed by atoms with Crippen LogP contribution in [-0.2, 0) is 0 Å². The highest BCUT2D eigenvalue weighted by molar-refractivity contribution is 5.25. The molecule has 0 aliphatic heterocycles. The predicted molar refractivity (Wildman–Crippen MR) is 70.5 cm³/mol. The summed E-state index contributed by atoms with van der Waals surface area (Å²) in [6, 6.07) is 9.05.